The van der Waals surface area contributed by atoms with E-state index in [4.69, 9.17) is 14.2 Å². The van der Waals surface area contributed by atoms with Crippen LogP contribution < -0.4 is 0 Å². The number of carbonyl (C=O) groups is 3. The largest absolute Gasteiger partial charge is 0.462 e. The lowest BCUT2D eigenvalue weighted by molar-refractivity contribution is -0.166. The van der Waals surface area contributed by atoms with E-state index in [0.717, 1.165) is 77.0 Å². The summed E-state index contributed by atoms with van der Waals surface area (Å²) in [5, 5.41) is 0. The van der Waals surface area contributed by atoms with Crippen molar-refractivity contribution in [3.05, 3.63) is 85.1 Å². The third-order valence-electron chi connectivity index (χ3n) is 10.1. The van der Waals surface area contributed by atoms with E-state index in [1.807, 2.05) is 12.2 Å². The van der Waals surface area contributed by atoms with E-state index in [2.05, 4.69) is 93.7 Å². The standard InChI is InChI=1S/C54H90O6/c1-4-7-10-13-16-19-22-25-26-27-30-32-35-38-41-44-47-53(56)59-50-51(60-54(57)48-45-42-39-36-33-29-24-21-18-15-12-9-6-3)49-58-52(55)46-43-40-37-34-31-28-23-20-17-14-11-8-5-2/h7,10,16,19,25-26,28-29,31,33,37,39-40,42,51H,4-6,8-9,11-15,17-18,20-24,27,30,32,34-36,38,41,43-50H2,1-3H3/b10-7+,19-16+,26-25+,31-28+,33-29+,40-37+,42-39+. The first-order chi connectivity index (χ1) is 29.5. The Balaban J connectivity index is 4.53. The minimum atomic E-state index is -0.834. The van der Waals surface area contributed by atoms with Crippen molar-refractivity contribution in [2.75, 3.05) is 13.2 Å². The fraction of sp³-hybridized carbons (Fsp3) is 0.685. The van der Waals surface area contributed by atoms with Crippen molar-refractivity contribution in [2.24, 2.45) is 0 Å². The van der Waals surface area contributed by atoms with Gasteiger partial charge in [0.05, 0.1) is 0 Å². The van der Waals surface area contributed by atoms with Gasteiger partial charge >= 0.3 is 17.9 Å². The Kier molecular flexibility index (Phi) is 45.5. The van der Waals surface area contributed by atoms with Crippen LogP contribution in [0.25, 0.3) is 0 Å². The third-order valence-corrected chi connectivity index (χ3v) is 10.1. The lowest BCUT2D eigenvalue weighted by Gasteiger charge is -2.18. The van der Waals surface area contributed by atoms with Gasteiger partial charge in [0.25, 0.3) is 0 Å². The van der Waals surface area contributed by atoms with Gasteiger partial charge in [0.2, 0.25) is 0 Å². The van der Waals surface area contributed by atoms with Crippen molar-refractivity contribution < 1.29 is 28.6 Å². The fourth-order valence-electron chi connectivity index (χ4n) is 6.44. The number of rotatable bonds is 43. The number of ether oxygens (including phenoxy) is 3. The molecule has 0 aliphatic heterocycles. The fourth-order valence-corrected chi connectivity index (χ4v) is 6.44. The van der Waals surface area contributed by atoms with Gasteiger partial charge in [-0.15, -0.1) is 0 Å². The van der Waals surface area contributed by atoms with E-state index in [0.29, 0.717) is 19.3 Å². The van der Waals surface area contributed by atoms with Gasteiger partial charge in [0.1, 0.15) is 13.2 Å². The highest BCUT2D eigenvalue weighted by Crippen LogP contribution is 2.12. The average molecular weight is 835 g/mol. The Morgan fingerprint density at radius 1 is 0.350 bits per heavy atom. The summed E-state index contributed by atoms with van der Waals surface area (Å²) in [6.07, 6.45) is 61.6. The van der Waals surface area contributed by atoms with Crippen LogP contribution in [-0.4, -0.2) is 37.2 Å². The predicted octanol–water partition coefficient (Wildman–Crippen LogP) is 16.0. The molecule has 0 N–H and O–H groups in total. The topological polar surface area (TPSA) is 78.9 Å². The van der Waals surface area contributed by atoms with Crippen molar-refractivity contribution in [1.29, 1.82) is 0 Å². The summed E-state index contributed by atoms with van der Waals surface area (Å²) in [4.78, 5) is 37.8. The van der Waals surface area contributed by atoms with Gasteiger partial charge in [-0.05, 0) is 89.9 Å². The van der Waals surface area contributed by atoms with Crippen molar-refractivity contribution >= 4 is 17.9 Å². The molecule has 0 aromatic carbocycles. The molecule has 0 rings (SSSR count). The molecule has 0 spiro atoms. The van der Waals surface area contributed by atoms with Gasteiger partial charge in [0, 0.05) is 19.3 Å². The molecule has 342 valence electrons. The zero-order chi connectivity index (χ0) is 43.7. The van der Waals surface area contributed by atoms with Crippen LogP contribution in [0, 0.1) is 0 Å². The summed E-state index contributed by atoms with van der Waals surface area (Å²) in [5.74, 6) is -1.08. The Morgan fingerprint density at radius 2 is 0.683 bits per heavy atom. The van der Waals surface area contributed by atoms with E-state index in [-0.39, 0.29) is 38.0 Å². The molecular formula is C54H90O6. The van der Waals surface area contributed by atoms with Crippen molar-refractivity contribution in [1.82, 2.24) is 0 Å². The summed E-state index contributed by atoms with van der Waals surface area (Å²) in [6.45, 7) is 6.38. The average Bonchev–Trinajstić information content (AvgIpc) is 3.24. The van der Waals surface area contributed by atoms with Crippen LogP contribution in [0.3, 0.4) is 0 Å². The second kappa shape index (κ2) is 48.3. The highest BCUT2D eigenvalue weighted by molar-refractivity contribution is 5.71. The maximum atomic E-state index is 12.7. The zero-order valence-corrected chi connectivity index (χ0v) is 38.9. The molecule has 0 saturated heterocycles. The molecule has 0 radical (unpaired) electrons. The van der Waals surface area contributed by atoms with Crippen molar-refractivity contribution in [3.63, 3.8) is 0 Å². The van der Waals surface area contributed by atoms with Gasteiger partial charge in [-0.2, -0.15) is 0 Å². The normalized spacial score (nSPS) is 12.8. The first kappa shape index (κ1) is 56.6. The predicted molar refractivity (Wildman–Crippen MR) is 256 cm³/mol. The second-order valence-corrected chi connectivity index (χ2v) is 16.0. The summed E-state index contributed by atoms with van der Waals surface area (Å²) in [5.41, 5.74) is 0. The van der Waals surface area contributed by atoms with Crippen LogP contribution in [-0.2, 0) is 28.6 Å². The van der Waals surface area contributed by atoms with E-state index in [1.54, 1.807) is 0 Å². The summed E-state index contributed by atoms with van der Waals surface area (Å²) >= 11 is 0. The SMILES string of the molecule is CC/C=C/C/C=C/C/C=C/CCCCCCCCC(=O)OCC(COC(=O)CC/C=C/C/C=C/CCCCCCCC)OC(=O)CC/C=C/C/C=C/CCCCCCCC. The Bertz CT molecular complexity index is 1190. The molecule has 0 heterocycles. The Hall–Kier alpha value is -3.41. The van der Waals surface area contributed by atoms with Crippen LogP contribution in [0.1, 0.15) is 220 Å². The minimum Gasteiger partial charge on any atom is -0.462 e. The minimum absolute atomic E-state index is 0.124. The lowest BCUT2D eigenvalue weighted by atomic mass is 10.1. The van der Waals surface area contributed by atoms with E-state index < -0.39 is 12.1 Å². The molecule has 6 heteroatoms. The highest BCUT2D eigenvalue weighted by Gasteiger charge is 2.19. The lowest BCUT2D eigenvalue weighted by Crippen LogP contribution is -2.30. The van der Waals surface area contributed by atoms with E-state index >= 15 is 0 Å². The quantitative estimate of drug-likeness (QED) is 0.0263. The number of hydrogen-bond donors (Lipinski definition) is 0. The number of allylic oxidation sites excluding steroid dienone is 14. The molecule has 0 fully saturated rings. The van der Waals surface area contributed by atoms with Crippen molar-refractivity contribution in [3.8, 4) is 0 Å². The Labute approximate surface area is 369 Å². The number of hydrogen-bond acceptors (Lipinski definition) is 6. The van der Waals surface area contributed by atoms with E-state index in [9.17, 15) is 14.4 Å². The zero-order valence-electron chi connectivity index (χ0n) is 38.9. The molecule has 0 aromatic rings. The van der Waals surface area contributed by atoms with Crippen LogP contribution in [0.2, 0.25) is 0 Å². The van der Waals surface area contributed by atoms with Crippen LogP contribution >= 0.6 is 0 Å². The molecule has 6 nitrogen and oxygen atoms in total. The first-order valence-corrected chi connectivity index (χ1v) is 24.6. The van der Waals surface area contributed by atoms with Gasteiger partial charge in [0.15, 0.2) is 6.10 Å². The van der Waals surface area contributed by atoms with Crippen LogP contribution in [0.15, 0.2) is 85.1 Å². The molecule has 0 bridgehead atoms. The maximum Gasteiger partial charge on any atom is 0.306 e. The number of carbonyl (C=O) groups excluding carboxylic acids is 3. The van der Waals surface area contributed by atoms with E-state index in [1.165, 1.54) is 89.9 Å². The smallest absolute Gasteiger partial charge is 0.306 e. The molecule has 0 aromatic heterocycles. The number of unbranched alkanes of at least 4 members (excludes halogenated alkanes) is 18. The highest BCUT2D eigenvalue weighted by atomic mass is 16.6. The molecule has 0 aliphatic carbocycles. The summed E-state index contributed by atoms with van der Waals surface area (Å²) < 4.78 is 16.6. The van der Waals surface area contributed by atoms with Gasteiger partial charge in [-0.25, -0.2) is 0 Å². The van der Waals surface area contributed by atoms with Gasteiger partial charge in [-0.1, -0.05) is 196 Å². The van der Waals surface area contributed by atoms with Crippen LogP contribution in [0.5, 0.6) is 0 Å². The molecule has 0 saturated carbocycles. The first-order valence-electron chi connectivity index (χ1n) is 24.6. The summed E-state index contributed by atoms with van der Waals surface area (Å²) in [7, 11) is 0. The summed E-state index contributed by atoms with van der Waals surface area (Å²) in [6, 6.07) is 0. The van der Waals surface area contributed by atoms with Crippen LogP contribution in [0.4, 0.5) is 0 Å². The van der Waals surface area contributed by atoms with Gasteiger partial charge in [-0.3, -0.25) is 14.4 Å². The maximum absolute atomic E-state index is 12.7. The molecule has 1 atom stereocenters. The number of esters is 3. The van der Waals surface area contributed by atoms with Crippen molar-refractivity contribution in [2.45, 2.75) is 226 Å². The Morgan fingerprint density at radius 3 is 1.12 bits per heavy atom. The third kappa shape index (κ3) is 45.7. The molecule has 1 unspecified atom stereocenters. The van der Waals surface area contributed by atoms with Gasteiger partial charge < -0.3 is 14.2 Å². The molecular weight excluding hydrogens is 745 g/mol. The molecule has 60 heavy (non-hydrogen) atoms. The molecule has 0 amide bonds. The monoisotopic (exact) mass is 835 g/mol. The second-order valence-electron chi connectivity index (χ2n) is 16.0. The molecule has 0 aliphatic rings.